The zero-order valence-electron chi connectivity index (χ0n) is 15.1. The number of sulfonamides is 1. The molecule has 2 aromatic carbocycles. The summed E-state index contributed by atoms with van der Waals surface area (Å²) in [6, 6.07) is 13.0. The van der Waals surface area contributed by atoms with Crippen LogP contribution in [0.1, 0.15) is 10.4 Å². The minimum Gasteiger partial charge on any atom is -0.369 e. The Morgan fingerprint density at radius 1 is 1.00 bits per heavy atom. The normalized spacial score (nSPS) is 15.4. The second kappa shape index (κ2) is 9.02. The quantitative estimate of drug-likeness (QED) is 0.705. The van der Waals surface area contributed by atoms with E-state index in [9.17, 15) is 17.6 Å². The molecular formula is C19H21BrFN3O3S. The van der Waals surface area contributed by atoms with Gasteiger partial charge >= 0.3 is 0 Å². The van der Waals surface area contributed by atoms with Crippen LogP contribution in [-0.2, 0) is 10.0 Å². The first-order valence-corrected chi connectivity index (χ1v) is 11.3. The topological polar surface area (TPSA) is 69.7 Å². The molecule has 0 spiro atoms. The molecule has 1 aliphatic heterocycles. The van der Waals surface area contributed by atoms with Gasteiger partial charge in [-0.25, -0.2) is 12.8 Å². The Morgan fingerprint density at radius 2 is 1.61 bits per heavy atom. The molecule has 1 N–H and O–H groups in total. The predicted molar refractivity (Wildman–Crippen MR) is 110 cm³/mol. The number of halogens is 2. The summed E-state index contributed by atoms with van der Waals surface area (Å²) in [5, 5.41) is 2.65. The summed E-state index contributed by atoms with van der Waals surface area (Å²) in [5.41, 5.74) is 1.36. The van der Waals surface area contributed by atoms with Crippen molar-refractivity contribution in [2.45, 2.75) is 0 Å². The molecule has 9 heteroatoms. The molecule has 1 amide bonds. The van der Waals surface area contributed by atoms with Crippen molar-refractivity contribution >= 4 is 37.5 Å². The fraction of sp³-hybridized carbons (Fsp3) is 0.316. The number of carbonyl (C=O) groups is 1. The molecule has 1 aliphatic rings. The third kappa shape index (κ3) is 5.30. The van der Waals surface area contributed by atoms with E-state index in [-0.39, 0.29) is 24.0 Å². The van der Waals surface area contributed by atoms with Gasteiger partial charge in [0.1, 0.15) is 5.82 Å². The van der Waals surface area contributed by atoms with Crippen molar-refractivity contribution < 1.29 is 17.6 Å². The van der Waals surface area contributed by atoms with Crippen LogP contribution in [0.15, 0.2) is 53.0 Å². The van der Waals surface area contributed by atoms with Crippen molar-refractivity contribution in [1.29, 1.82) is 0 Å². The van der Waals surface area contributed by atoms with Gasteiger partial charge < -0.3 is 10.2 Å². The highest BCUT2D eigenvalue weighted by molar-refractivity contribution is 9.10. The highest BCUT2D eigenvalue weighted by Crippen LogP contribution is 2.18. The summed E-state index contributed by atoms with van der Waals surface area (Å²) in [6.45, 7) is 1.85. The summed E-state index contributed by atoms with van der Waals surface area (Å²) < 4.78 is 40.4. The van der Waals surface area contributed by atoms with Crippen molar-refractivity contribution in [2.75, 3.05) is 43.4 Å². The lowest BCUT2D eigenvalue weighted by Crippen LogP contribution is -2.50. The summed E-state index contributed by atoms with van der Waals surface area (Å²) in [4.78, 5) is 14.1. The molecule has 1 fully saturated rings. The maximum atomic E-state index is 13.0. The SMILES string of the molecule is O=C(NCCS(=O)(=O)N1CCN(c2ccc(F)cc2)CC1)c1ccc(Br)cc1. The molecule has 0 aliphatic carbocycles. The highest BCUT2D eigenvalue weighted by atomic mass is 79.9. The van der Waals surface area contributed by atoms with E-state index in [1.165, 1.54) is 16.4 Å². The van der Waals surface area contributed by atoms with Crippen LogP contribution in [0.2, 0.25) is 0 Å². The zero-order chi connectivity index (χ0) is 20.1. The van der Waals surface area contributed by atoms with Crippen LogP contribution < -0.4 is 10.2 Å². The number of hydrogen-bond donors (Lipinski definition) is 1. The summed E-state index contributed by atoms with van der Waals surface area (Å²) in [5.74, 6) is -0.745. The van der Waals surface area contributed by atoms with E-state index in [4.69, 9.17) is 0 Å². The van der Waals surface area contributed by atoms with Gasteiger partial charge in [0, 0.05) is 48.4 Å². The van der Waals surface area contributed by atoms with Gasteiger partial charge in [-0.3, -0.25) is 4.79 Å². The fourth-order valence-corrected chi connectivity index (χ4v) is 4.60. The molecule has 0 aromatic heterocycles. The van der Waals surface area contributed by atoms with E-state index in [1.54, 1.807) is 36.4 Å². The lowest BCUT2D eigenvalue weighted by atomic mass is 10.2. The molecule has 1 heterocycles. The number of nitrogens with one attached hydrogen (secondary N) is 1. The molecule has 28 heavy (non-hydrogen) atoms. The van der Waals surface area contributed by atoms with Crippen LogP contribution in [-0.4, -0.2) is 57.1 Å². The number of anilines is 1. The predicted octanol–water partition coefficient (Wildman–Crippen LogP) is 2.47. The number of carbonyl (C=O) groups excluding carboxylic acids is 1. The van der Waals surface area contributed by atoms with E-state index in [0.717, 1.165) is 10.2 Å². The van der Waals surface area contributed by atoms with Gasteiger partial charge in [-0.2, -0.15) is 4.31 Å². The lowest BCUT2D eigenvalue weighted by molar-refractivity contribution is 0.0956. The number of nitrogens with zero attached hydrogens (tertiary/aromatic N) is 2. The molecule has 2 aromatic rings. The Hall–Kier alpha value is -1.97. The van der Waals surface area contributed by atoms with Crippen LogP contribution in [0.25, 0.3) is 0 Å². The molecule has 0 unspecified atom stereocenters. The third-order valence-electron chi connectivity index (χ3n) is 4.58. The summed E-state index contributed by atoms with van der Waals surface area (Å²) in [6.07, 6.45) is 0. The number of benzene rings is 2. The minimum absolute atomic E-state index is 0.0510. The van der Waals surface area contributed by atoms with E-state index in [2.05, 4.69) is 21.2 Å². The first kappa shape index (κ1) is 20.8. The highest BCUT2D eigenvalue weighted by Gasteiger charge is 2.26. The largest absolute Gasteiger partial charge is 0.369 e. The summed E-state index contributed by atoms with van der Waals surface area (Å²) in [7, 11) is -3.46. The first-order valence-electron chi connectivity index (χ1n) is 8.87. The van der Waals surface area contributed by atoms with Crippen molar-refractivity contribution in [2.24, 2.45) is 0 Å². The average molecular weight is 470 g/mol. The van der Waals surface area contributed by atoms with Gasteiger partial charge in [-0.1, -0.05) is 15.9 Å². The van der Waals surface area contributed by atoms with Crippen LogP contribution in [0.3, 0.4) is 0 Å². The maximum Gasteiger partial charge on any atom is 0.251 e. The summed E-state index contributed by atoms with van der Waals surface area (Å²) >= 11 is 3.30. The van der Waals surface area contributed by atoms with E-state index in [0.29, 0.717) is 31.7 Å². The van der Waals surface area contributed by atoms with E-state index in [1.807, 2.05) is 4.90 Å². The second-order valence-corrected chi connectivity index (χ2v) is 9.45. The molecule has 0 bridgehead atoms. The third-order valence-corrected chi connectivity index (χ3v) is 6.98. The molecule has 6 nitrogen and oxygen atoms in total. The monoisotopic (exact) mass is 469 g/mol. The molecule has 3 rings (SSSR count). The molecule has 0 radical (unpaired) electrons. The Labute approximate surface area is 172 Å². The van der Waals surface area contributed by atoms with Crippen LogP contribution in [0, 0.1) is 5.82 Å². The van der Waals surface area contributed by atoms with Crippen LogP contribution in [0.4, 0.5) is 10.1 Å². The molecule has 0 saturated carbocycles. The Bertz CT molecular complexity index is 912. The van der Waals surface area contributed by atoms with Gasteiger partial charge in [-0.15, -0.1) is 0 Å². The standard InChI is InChI=1S/C19H21BrFN3O3S/c20-16-3-1-15(2-4-16)19(25)22-9-14-28(26,27)24-12-10-23(11-13-24)18-7-5-17(21)6-8-18/h1-8H,9-14H2,(H,22,25). The smallest absolute Gasteiger partial charge is 0.251 e. The van der Waals surface area contributed by atoms with E-state index >= 15 is 0 Å². The van der Waals surface area contributed by atoms with Gasteiger partial charge in [0.05, 0.1) is 5.75 Å². The number of amides is 1. The first-order chi connectivity index (χ1) is 13.3. The van der Waals surface area contributed by atoms with Crippen molar-refractivity contribution in [3.05, 3.63) is 64.4 Å². The minimum atomic E-state index is -3.46. The molecular weight excluding hydrogens is 449 g/mol. The Balaban J connectivity index is 1.48. The lowest BCUT2D eigenvalue weighted by Gasteiger charge is -2.35. The van der Waals surface area contributed by atoms with E-state index < -0.39 is 10.0 Å². The van der Waals surface area contributed by atoms with Crippen LogP contribution in [0.5, 0.6) is 0 Å². The van der Waals surface area contributed by atoms with Gasteiger partial charge in [0.15, 0.2) is 0 Å². The average Bonchev–Trinajstić information content (AvgIpc) is 2.69. The maximum absolute atomic E-state index is 13.0. The Kier molecular flexibility index (Phi) is 6.69. The zero-order valence-corrected chi connectivity index (χ0v) is 17.5. The Morgan fingerprint density at radius 3 is 2.21 bits per heavy atom. The number of piperazine rings is 1. The number of hydrogen-bond acceptors (Lipinski definition) is 4. The van der Waals surface area contributed by atoms with Gasteiger partial charge in [-0.05, 0) is 48.5 Å². The van der Waals surface area contributed by atoms with Crippen molar-refractivity contribution in [3.8, 4) is 0 Å². The van der Waals surface area contributed by atoms with Crippen molar-refractivity contribution in [1.82, 2.24) is 9.62 Å². The molecule has 0 atom stereocenters. The molecule has 1 saturated heterocycles. The van der Waals surface area contributed by atoms with Crippen LogP contribution >= 0.6 is 15.9 Å². The van der Waals surface area contributed by atoms with Crippen molar-refractivity contribution in [3.63, 3.8) is 0 Å². The van der Waals surface area contributed by atoms with Gasteiger partial charge in [0.25, 0.3) is 5.91 Å². The number of rotatable bonds is 6. The van der Waals surface area contributed by atoms with Gasteiger partial charge in [0.2, 0.25) is 10.0 Å². The fourth-order valence-electron chi connectivity index (χ4n) is 3.00. The second-order valence-electron chi connectivity index (χ2n) is 6.44. The molecule has 150 valence electrons.